The van der Waals surface area contributed by atoms with Gasteiger partial charge in [0.1, 0.15) is 18.9 Å². The third-order valence-electron chi connectivity index (χ3n) is 10.6. The molecule has 0 aliphatic carbocycles. The Balaban J connectivity index is 2.25. The van der Waals surface area contributed by atoms with Crippen molar-refractivity contribution in [2.24, 2.45) is 11.0 Å². The van der Waals surface area contributed by atoms with Crippen LogP contribution in [0.15, 0.2) is 24.1 Å². The van der Waals surface area contributed by atoms with Crippen molar-refractivity contribution in [1.82, 2.24) is 19.5 Å². The summed E-state index contributed by atoms with van der Waals surface area (Å²) < 4.78 is 28.8. The van der Waals surface area contributed by atoms with Crippen molar-refractivity contribution in [2.45, 2.75) is 135 Å². The summed E-state index contributed by atoms with van der Waals surface area (Å²) in [7, 11) is -7.09. The Hall–Kier alpha value is -2.11. The molecule has 12 nitrogen and oxygen atoms in total. The summed E-state index contributed by atoms with van der Waals surface area (Å²) in [5, 5.41) is 3.27. The smallest absolute Gasteiger partial charge is 0.246 e. The number of hydrogen-bond acceptors (Lipinski definition) is 9. The molecule has 1 aliphatic rings. The highest BCUT2D eigenvalue weighted by Crippen LogP contribution is 2.52. The maximum Gasteiger partial charge on any atom is 0.246 e. The highest BCUT2D eigenvalue weighted by molar-refractivity contribution is 6.74. The summed E-state index contributed by atoms with van der Waals surface area (Å²) in [6, 6.07) is 0. The van der Waals surface area contributed by atoms with Crippen LogP contribution in [0.4, 0.5) is 5.95 Å². The predicted molar refractivity (Wildman–Crippen MR) is 191 cm³/mol. The van der Waals surface area contributed by atoms with Crippen LogP contribution in [-0.2, 0) is 13.6 Å². The summed E-state index contributed by atoms with van der Waals surface area (Å²) in [6.45, 7) is 34.9. The number of fused-ring (bicyclic) bond motifs is 1. The molecular formula is C31H57N7O5Si3. The van der Waals surface area contributed by atoms with Gasteiger partial charge in [0.15, 0.2) is 36.1 Å². The average Bonchev–Trinajstić information content (AvgIpc) is 3.45. The third-order valence-corrected chi connectivity index (χ3v) is 23.1. The van der Waals surface area contributed by atoms with E-state index >= 15 is 0 Å². The minimum absolute atomic E-state index is 0.0195. The van der Waals surface area contributed by atoms with Crippen LogP contribution in [-0.4, -0.2) is 74.7 Å². The fourth-order valence-electron chi connectivity index (χ4n) is 4.83. The molecule has 1 aliphatic heterocycles. The minimum Gasteiger partial charge on any atom is -0.472 e. The predicted octanol–water partition coefficient (Wildman–Crippen LogP) is 8.63. The molecule has 1 N–H and O–H groups in total. The van der Waals surface area contributed by atoms with Crippen LogP contribution in [0.3, 0.4) is 0 Å². The van der Waals surface area contributed by atoms with Gasteiger partial charge in [-0.15, -0.1) is 0 Å². The molecule has 2 aromatic rings. The van der Waals surface area contributed by atoms with E-state index in [1.165, 1.54) is 0 Å². The maximum atomic E-state index is 11.5. The molecule has 0 bridgehead atoms. The van der Waals surface area contributed by atoms with Gasteiger partial charge >= 0.3 is 0 Å². The van der Waals surface area contributed by atoms with Crippen molar-refractivity contribution in [2.75, 3.05) is 13.2 Å². The van der Waals surface area contributed by atoms with Crippen LogP contribution in [0.1, 0.15) is 68.0 Å². The Morgan fingerprint density at radius 1 is 1.04 bits per heavy atom. The molecule has 0 spiro atoms. The van der Waals surface area contributed by atoms with E-state index in [0.717, 1.165) is 0 Å². The van der Waals surface area contributed by atoms with Crippen molar-refractivity contribution in [3.05, 3.63) is 29.4 Å². The number of aromatic nitrogens is 4. The van der Waals surface area contributed by atoms with E-state index in [1.54, 1.807) is 12.4 Å². The largest absolute Gasteiger partial charge is 0.472 e. The molecular weight excluding hydrogens is 635 g/mol. The van der Waals surface area contributed by atoms with Crippen LogP contribution in [0.5, 0.6) is 5.88 Å². The van der Waals surface area contributed by atoms with Gasteiger partial charge in [-0.05, 0) is 71.5 Å². The van der Waals surface area contributed by atoms with Crippen LogP contribution in [0.2, 0.25) is 54.4 Å². The molecule has 258 valence electrons. The lowest BCUT2D eigenvalue weighted by atomic mass is 9.89. The van der Waals surface area contributed by atoms with Gasteiger partial charge in [-0.1, -0.05) is 68.0 Å². The number of nitrogens with zero attached hydrogens (tertiary/aromatic N) is 7. The molecule has 3 rings (SSSR count). The first-order valence-corrected chi connectivity index (χ1v) is 24.9. The molecule has 1 unspecified atom stereocenters. The Morgan fingerprint density at radius 3 is 2.17 bits per heavy atom. The zero-order valence-corrected chi connectivity index (χ0v) is 33.5. The van der Waals surface area contributed by atoms with E-state index in [1.807, 2.05) is 17.7 Å². The summed E-state index contributed by atoms with van der Waals surface area (Å²) in [6.07, 6.45) is 2.64. The molecule has 1 fully saturated rings. The number of rotatable bonds is 13. The third kappa shape index (κ3) is 8.12. The van der Waals surface area contributed by atoms with Crippen LogP contribution >= 0.6 is 0 Å². The number of hydrogen-bond donors (Lipinski definition) is 1. The molecule has 4 atom stereocenters. The van der Waals surface area contributed by atoms with Gasteiger partial charge in [0, 0.05) is 10.8 Å². The fraction of sp³-hybridized carbons (Fsp3) is 0.774. The molecule has 3 heterocycles. The molecule has 0 amide bonds. The van der Waals surface area contributed by atoms with Gasteiger partial charge in [-0.25, -0.2) is 9.97 Å². The second kappa shape index (κ2) is 13.4. The highest BCUT2D eigenvalue weighted by atomic mass is 28.4. The highest BCUT2D eigenvalue weighted by Gasteiger charge is 2.54. The van der Waals surface area contributed by atoms with Gasteiger partial charge in [-0.2, -0.15) is 4.98 Å². The van der Waals surface area contributed by atoms with Gasteiger partial charge < -0.3 is 23.1 Å². The van der Waals surface area contributed by atoms with Crippen molar-refractivity contribution in [3.8, 4) is 5.88 Å². The number of imidazole rings is 1. The van der Waals surface area contributed by atoms with E-state index in [2.05, 4.69) is 113 Å². The van der Waals surface area contributed by atoms with E-state index in [9.17, 15) is 10.3 Å². The Kier molecular flexibility index (Phi) is 11.2. The lowest BCUT2D eigenvalue weighted by molar-refractivity contribution is -0.0414. The van der Waals surface area contributed by atoms with Gasteiger partial charge in [0.25, 0.3) is 0 Å². The van der Waals surface area contributed by atoms with Crippen molar-refractivity contribution in [1.29, 1.82) is 0 Å². The lowest BCUT2D eigenvalue weighted by Crippen LogP contribution is -2.51. The first kappa shape index (κ1) is 38.3. The second-order valence-electron chi connectivity index (χ2n) is 16.7. The normalized spacial score (nSPS) is 21.8. The summed E-state index contributed by atoms with van der Waals surface area (Å²) in [5.41, 5.74) is 10.0. The lowest BCUT2D eigenvalue weighted by Gasteiger charge is -2.44. The Morgan fingerprint density at radius 2 is 1.65 bits per heavy atom. The SMILES string of the molecule is C=CCOc1nc(N=[N+]=[N-])nc2c1ncn2[C@@H]1O[C@H](CO[Si](C)(C)C(C)(C)C)C(O[Si](C)(C)C(C)(C)C)[C@@H]1CC(C)(C)[Si](C)(C)O. The molecule has 1 saturated heterocycles. The van der Waals surface area contributed by atoms with Crippen molar-refractivity contribution >= 4 is 42.1 Å². The fourth-order valence-corrected chi connectivity index (χ4v) is 7.94. The Labute approximate surface area is 278 Å². The van der Waals surface area contributed by atoms with E-state index in [4.69, 9.17) is 18.3 Å². The monoisotopic (exact) mass is 691 g/mol. The van der Waals surface area contributed by atoms with Gasteiger partial charge in [-0.3, -0.25) is 4.57 Å². The topological polar surface area (TPSA) is 150 Å². The summed E-state index contributed by atoms with van der Waals surface area (Å²) in [4.78, 5) is 27.9. The van der Waals surface area contributed by atoms with E-state index < -0.39 is 31.2 Å². The molecule has 2 aromatic heterocycles. The first-order valence-electron chi connectivity index (χ1n) is 16.1. The summed E-state index contributed by atoms with van der Waals surface area (Å²) in [5.74, 6) is -0.0814. The molecule has 46 heavy (non-hydrogen) atoms. The zero-order chi connectivity index (χ0) is 35.1. The van der Waals surface area contributed by atoms with Crippen molar-refractivity contribution in [3.63, 3.8) is 0 Å². The van der Waals surface area contributed by atoms with Crippen LogP contribution in [0.25, 0.3) is 21.6 Å². The minimum atomic E-state index is -2.64. The van der Waals surface area contributed by atoms with E-state index in [-0.39, 0.29) is 51.7 Å². The number of azide groups is 1. The zero-order valence-electron chi connectivity index (χ0n) is 30.5. The molecule has 15 heteroatoms. The standard InChI is InChI=1S/C31H57N7O5Si3/c1-16-17-40-26-23-25(34-28(35-26)36-37-32)38(20-33-23)27-21(18-31(8,9)44(10,11)39)24(43-46(14,15)30(5,6)7)22(42-27)19-41-45(12,13)29(2,3)4/h16,20-22,24,27,39H,1,17-19H2,2-15H3/t21-,22+,24?,27+/m0/s1. The van der Waals surface area contributed by atoms with E-state index in [0.29, 0.717) is 24.2 Å². The quantitative estimate of drug-likeness (QED) is 0.0721. The van der Waals surface area contributed by atoms with Crippen molar-refractivity contribution < 1.29 is 23.1 Å². The molecule has 0 radical (unpaired) electrons. The maximum absolute atomic E-state index is 11.5. The molecule has 0 saturated carbocycles. The first-order chi connectivity index (χ1) is 20.9. The Bertz CT molecular complexity index is 1440. The summed E-state index contributed by atoms with van der Waals surface area (Å²) >= 11 is 0. The van der Waals surface area contributed by atoms with Gasteiger partial charge in [0.05, 0.1) is 19.0 Å². The van der Waals surface area contributed by atoms with Gasteiger partial charge in [0.2, 0.25) is 11.8 Å². The van der Waals surface area contributed by atoms with Crippen LogP contribution in [0, 0.1) is 5.92 Å². The number of ether oxygens (including phenoxy) is 2. The average molecular weight is 692 g/mol. The second-order valence-corrected chi connectivity index (χ2v) is 30.8. The van der Waals surface area contributed by atoms with Crippen LogP contribution < -0.4 is 4.74 Å². The molecule has 0 aromatic carbocycles.